The summed E-state index contributed by atoms with van der Waals surface area (Å²) in [7, 11) is 0. The van der Waals surface area contributed by atoms with Crippen LogP contribution in [-0.2, 0) is 11.2 Å². The molecular formula is C19H17F3N2O2. The molecular weight excluding hydrogens is 345 g/mol. The van der Waals surface area contributed by atoms with Crippen molar-refractivity contribution in [3.05, 3.63) is 71.0 Å². The zero-order valence-electron chi connectivity index (χ0n) is 13.9. The van der Waals surface area contributed by atoms with Gasteiger partial charge in [0.1, 0.15) is 5.82 Å². The molecule has 136 valence electrons. The Hall–Kier alpha value is -2.83. The molecule has 7 heteroatoms. The Morgan fingerprint density at radius 3 is 2.23 bits per heavy atom. The quantitative estimate of drug-likeness (QED) is 0.842. The second-order valence-electron chi connectivity index (χ2n) is 6.07. The molecule has 1 saturated heterocycles. The van der Waals surface area contributed by atoms with Crippen LogP contribution in [0.4, 0.5) is 13.2 Å². The highest BCUT2D eigenvalue weighted by molar-refractivity contribution is 5.94. The number of carbonyl (C=O) groups excluding carboxylic acids is 2. The van der Waals surface area contributed by atoms with Crippen molar-refractivity contribution in [1.82, 2.24) is 9.80 Å². The van der Waals surface area contributed by atoms with E-state index in [0.717, 1.165) is 6.07 Å². The third-order valence-corrected chi connectivity index (χ3v) is 4.36. The molecule has 26 heavy (non-hydrogen) atoms. The van der Waals surface area contributed by atoms with Gasteiger partial charge in [0.15, 0.2) is 11.6 Å². The van der Waals surface area contributed by atoms with Gasteiger partial charge in [-0.25, -0.2) is 13.2 Å². The van der Waals surface area contributed by atoms with Crippen LogP contribution in [0.3, 0.4) is 0 Å². The third-order valence-electron chi connectivity index (χ3n) is 4.36. The van der Waals surface area contributed by atoms with Crippen molar-refractivity contribution >= 4 is 11.8 Å². The third kappa shape index (κ3) is 3.87. The first-order chi connectivity index (χ1) is 12.5. The topological polar surface area (TPSA) is 40.6 Å². The average molecular weight is 362 g/mol. The number of hydrogen-bond acceptors (Lipinski definition) is 2. The summed E-state index contributed by atoms with van der Waals surface area (Å²) in [6.07, 6.45) is -0.235. The first-order valence-corrected chi connectivity index (χ1v) is 8.21. The van der Waals surface area contributed by atoms with E-state index in [-0.39, 0.29) is 42.5 Å². The van der Waals surface area contributed by atoms with Crippen LogP contribution in [0, 0.1) is 17.5 Å². The van der Waals surface area contributed by atoms with Crippen LogP contribution >= 0.6 is 0 Å². The van der Waals surface area contributed by atoms with E-state index in [0.29, 0.717) is 13.1 Å². The van der Waals surface area contributed by atoms with Gasteiger partial charge in [-0.1, -0.05) is 18.2 Å². The molecule has 0 aromatic heterocycles. The second-order valence-corrected chi connectivity index (χ2v) is 6.07. The van der Waals surface area contributed by atoms with Gasteiger partial charge in [-0.2, -0.15) is 0 Å². The van der Waals surface area contributed by atoms with E-state index >= 15 is 0 Å². The van der Waals surface area contributed by atoms with E-state index in [1.54, 1.807) is 4.90 Å². The molecule has 2 aromatic carbocycles. The summed E-state index contributed by atoms with van der Waals surface area (Å²) in [6, 6.07) is 9.17. The molecule has 1 heterocycles. The molecule has 4 nitrogen and oxygen atoms in total. The number of rotatable bonds is 3. The number of halogens is 3. The highest BCUT2D eigenvalue weighted by atomic mass is 19.2. The Morgan fingerprint density at radius 2 is 1.54 bits per heavy atom. The molecule has 3 rings (SSSR count). The van der Waals surface area contributed by atoms with Crippen LogP contribution in [0.25, 0.3) is 0 Å². The van der Waals surface area contributed by atoms with Gasteiger partial charge in [0.2, 0.25) is 5.91 Å². The van der Waals surface area contributed by atoms with Gasteiger partial charge in [-0.3, -0.25) is 9.59 Å². The highest BCUT2D eigenvalue weighted by Crippen LogP contribution is 2.15. The van der Waals surface area contributed by atoms with Gasteiger partial charge < -0.3 is 9.80 Å². The number of nitrogens with zero attached hydrogens (tertiary/aromatic N) is 2. The SMILES string of the molecule is O=C(Cc1cccc(F)c1F)N1CCN(C(=O)c2cccc(F)c2)CC1. The first-order valence-electron chi connectivity index (χ1n) is 8.21. The first kappa shape index (κ1) is 18.0. The Morgan fingerprint density at radius 1 is 0.885 bits per heavy atom. The lowest BCUT2D eigenvalue weighted by Gasteiger charge is -2.35. The van der Waals surface area contributed by atoms with Crippen molar-refractivity contribution in [3.8, 4) is 0 Å². The predicted octanol–water partition coefficient (Wildman–Crippen LogP) is 2.63. The van der Waals surface area contributed by atoms with E-state index in [2.05, 4.69) is 0 Å². The summed E-state index contributed by atoms with van der Waals surface area (Å²) in [5, 5.41) is 0. The Labute approximate surface area is 148 Å². The summed E-state index contributed by atoms with van der Waals surface area (Å²) in [5.74, 6) is -3.11. The Bertz CT molecular complexity index is 833. The van der Waals surface area contributed by atoms with Crippen molar-refractivity contribution in [1.29, 1.82) is 0 Å². The largest absolute Gasteiger partial charge is 0.339 e. The maximum atomic E-state index is 13.7. The zero-order valence-corrected chi connectivity index (χ0v) is 13.9. The van der Waals surface area contributed by atoms with Gasteiger partial charge in [-0.05, 0) is 24.3 Å². The van der Waals surface area contributed by atoms with E-state index in [1.807, 2.05) is 0 Å². The van der Waals surface area contributed by atoms with Crippen molar-refractivity contribution in [2.45, 2.75) is 6.42 Å². The summed E-state index contributed by atoms with van der Waals surface area (Å²) >= 11 is 0. The fourth-order valence-electron chi connectivity index (χ4n) is 2.92. The molecule has 2 aromatic rings. The minimum atomic E-state index is -1.01. The Balaban J connectivity index is 1.58. The van der Waals surface area contributed by atoms with Crippen molar-refractivity contribution in [3.63, 3.8) is 0 Å². The van der Waals surface area contributed by atoms with Gasteiger partial charge >= 0.3 is 0 Å². The fourth-order valence-corrected chi connectivity index (χ4v) is 2.92. The van der Waals surface area contributed by atoms with Crippen LogP contribution in [0.2, 0.25) is 0 Å². The Kier molecular flexibility index (Phi) is 5.25. The average Bonchev–Trinajstić information content (AvgIpc) is 2.65. The lowest BCUT2D eigenvalue weighted by atomic mass is 10.1. The molecule has 1 aliphatic heterocycles. The fraction of sp³-hybridized carbons (Fsp3) is 0.263. The molecule has 0 atom stereocenters. The van der Waals surface area contributed by atoms with Crippen molar-refractivity contribution < 1.29 is 22.8 Å². The highest BCUT2D eigenvalue weighted by Gasteiger charge is 2.25. The number of amides is 2. The summed E-state index contributed by atoms with van der Waals surface area (Å²) in [6.45, 7) is 1.17. The van der Waals surface area contributed by atoms with Crippen LogP contribution in [-0.4, -0.2) is 47.8 Å². The van der Waals surface area contributed by atoms with E-state index < -0.39 is 17.5 Å². The molecule has 0 aliphatic carbocycles. The molecule has 0 saturated carbocycles. The predicted molar refractivity (Wildman–Crippen MR) is 88.9 cm³/mol. The van der Waals surface area contributed by atoms with Crippen LogP contribution in [0.1, 0.15) is 15.9 Å². The van der Waals surface area contributed by atoms with Crippen LogP contribution in [0.5, 0.6) is 0 Å². The molecule has 0 radical (unpaired) electrons. The summed E-state index contributed by atoms with van der Waals surface area (Å²) in [4.78, 5) is 27.7. The van der Waals surface area contributed by atoms with Crippen LogP contribution < -0.4 is 0 Å². The zero-order chi connectivity index (χ0) is 18.7. The summed E-state index contributed by atoms with van der Waals surface area (Å²) in [5.41, 5.74) is 0.264. The van der Waals surface area contributed by atoms with Crippen molar-refractivity contribution in [2.24, 2.45) is 0 Å². The molecule has 0 spiro atoms. The summed E-state index contributed by atoms with van der Waals surface area (Å²) < 4.78 is 40.2. The molecule has 1 fully saturated rings. The lowest BCUT2D eigenvalue weighted by molar-refractivity contribution is -0.132. The van der Waals surface area contributed by atoms with Gasteiger partial charge in [0.05, 0.1) is 6.42 Å². The van der Waals surface area contributed by atoms with Gasteiger partial charge in [0, 0.05) is 37.3 Å². The maximum absolute atomic E-state index is 13.7. The van der Waals surface area contributed by atoms with Crippen molar-refractivity contribution in [2.75, 3.05) is 26.2 Å². The van der Waals surface area contributed by atoms with Gasteiger partial charge in [-0.15, -0.1) is 0 Å². The molecule has 0 unspecified atom stereocenters. The standard InChI is InChI=1S/C19H17F3N2O2/c20-15-5-1-4-14(11-15)19(26)24-9-7-23(8-10-24)17(25)12-13-3-2-6-16(21)18(13)22/h1-6,11H,7-10,12H2. The molecule has 0 N–H and O–H groups in total. The number of piperazine rings is 1. The minimum absolute atomic E-state index is 0.00765. The normalized spacial score (nSPS) is 14.4. The van der Waals surface area contributed by atoms with E-state index in [1.165, 1.54) is 41.3 Å². The number of benzene rings is 2. The molecule has 0 bridgehead atoms. The van der Waals surface area contributed by atoms with E-state index in [4.69, 9.17) is 0 Å². The van der Waals surface area contributed by atoms with E-state index in [9.17, 15) is 22.8 Å². The second kappa shape index (κ2) is 7.59. The lowest BCUT2D eigenvalue weighted by Crippen LogP contribution is -2.51. The number of hydrogen-bond donors (Lipinski definition) is 0. The van der Waals surface area contributed by atoms with Gasteiger partial charge in [0.25, 0.3) is 5.91 Å². The smallest absolute Gasteiger partial charge is 0.254 e. The minimum Gasteiger partial charge on any atom is -0.339 e. The monoisotopic (exact) mass is 362 g/mol. The van der Waals surface area contributed by atoms with Crippen LogP contribution in [0.15, 0.2) is 42.5 Å². The number of carbonyl (C=O) groups is 2. The molecule has 2 amide bonds. The molecule has 1 aliphatic rings. The maximum Gasteiger partial charge on any atom is 0.254 e.